The monoisotopic (exact) mass is 399 g/mol. The van der Waals surface area contributed by atoms with Gasteiger partial charge in [-0.05, 0) is 31.2 Å². The Labute approximate surface area is 159 Å². The van der Waals surface area contributed by atoms with Crippen LogP contribution in [0.3, 0.4) is 0 Å². The van der Waals surface area contributed by atoms with Gasteiger partial charge in [0.2, 0.25) is 0 Å². The molecule has 0 spiro atoms. The summed E-state index contributed by atoms with van der Waals surface area (Å²) >= 11 is 6.07. The van der Waals surface area contributed by atoms with E-state index >= 15 is 0 Å². The van der Waals surface area contributed by atoms with E-state index in [-0.39, 0.29) is 27.8 Å². The first-order chi connectivity index (χ1) is 12.8. The van der Waals surface area contributed by atoms with Gasteiger partial charge in [-0.25, -0.2) is 13.6 Å². The molecule has 0 aliphatic heterocycles. The van der Waals surface area contributed by atoms with E-state index in [1.165, 1.54) is 19.2 Å². The van der Waals surface area contributed by atoms with E-state index in [1.54, 1.807) is 6.92 Å². The third-order valence-corrected chi connectivity index (χ3v) is 3.52. The summed E-state index contributed by atoms with van der Waals surface area (Å²) in [6.45, 7) is 1.45. The molecule has 0 bridgehead atoms. The van der Waals surface area contributed by atoms with Crippen molar-refractivity contribution in [3.63, 3.8) is 0 Å². The van der Waals surface area contributed by atoms with E-state index in [0.717, 1.165) is 12.1 Å². The van der Waals surface area contributed by atoms with Crippen LogP contribution < -0.4 is 14.8 Å². The van der Waals surface area contributed by atoms with E-state index in [4.69, 9.17) is 25.8 Å². The van der Waals surface area contributed by atoms with Crippen LogP contribution in [0.4, 0.5) is 14.5 Å². The fourth-order valence-corrected chi connectivity index (χ4v) is 2.42. The molecule has 0 saturated carbocycles. The minimum atomic E-state index is -0.849. The molecular weight excluding hydrogens is 384 g/mol. The van der Waals surface area contributed by atoms with Gasteiger partial charge in [-0.3, -0.25) is 4.79 Å². The van der Waals surface area contributed by atoms with Crippen molar-refractivity contribution in [2.45, 2.75) is 6.92 Å². The fourth-order valence-electron chi connectivity index (χ4n) is 2.16. The van der Waals surface area contributed by atoms with Crippen molar-refractivity contribution < 1.29 is 32.6 Å². The molecule has 0 aliphatic rings. The Morgan fingerprint density at radius 2 is 1.78 bits per heavy atom. The van der Waals surface area contributed by atoms with Gasteiger partial charge >= 0.3 is 5.97 Å². The van der Waals surface area contributed by atoms with Gasteiger partial charge in [0.1, 0.15) is 11.6 Å². The van der Waals surface area contributed by atoms with Gasteiger partial charge in [0, 0.05) is 11.8 Å². The molecule has 0 atom stereocenters. The molecule has 9 heteroatoms. The topological polar surface area (TPSA) is 73.9 Å². The highest BCUT2D eigenvalue weighted by atomic mass is 35.5. The quantitative estimate of drug-likeness (QED) is 0.716. The number of methoxy groups -OCH3 is 1. The molecule has 2 rings (SSSR count). The molecule has 0 heterocycles. The molecule has 0 radical (unpaired) electrons. The van der Waals surface area contributed by atoms with Gasteiger partial charge in [0.05, 0.1) is 24.3 Å². The van der Waals surface area contributed by atoms with Gasteiger partial charge in [0.25, 0.3) is 5.91 Å². The first-order valence-corrected chi connectivity index (χ1v) is 8.15. The average Bonchev–Trinajstić information content (AvgIpc) is 2.60. The number of ether oxygens (including phenoxy) is 3. The maximum atomic E-state index is 13.1. The Bertz CT molecular complexity index is 840. The number of halogens is 3. The number of hydrogen-bond donors (Lipinski definition) is 1. The minimum Gasteiger partial charge on any atom is -0.493 e. The molecule has 144 valence electrons. The number of esters is 1. The van der Waals surface area contributed by atoms with Gasteiger partial charge in [-0.2, -0.15) is 0 Å². The van der Waals surface area contributed by atoms with E-state index in [9.17, 15) is 18.4 Å². The lowest BCUT2D eigenvalue weighted by atomic mass is 10.2. The molecule has 6 nitrogen and oxygen atoms in total. The Balaban J connectivity index is 2.02. The summed E-state index contributed by atoms with van der Waals surface area (Å²) in [5.41, 5.74) is -0.0516. The van der Waals surface area contributed by atoms with Crippen LogP contribution in [0.5, 0.6) is 11.5 Å². The Kier molecular flexibility index (Phi) is 6.95. The molecule has 2 aromatic carbocycles. The molecular formula is C18H16ClF2NO5. The van der Waals surface area contributed by atoms with Crippen LogP contribution in [-0.4, -0.2) is 32.2 Å². The number of amides is 1. The number of nitrogens with one attached hydrogen (secondary N) is 1. The predicted molar refractivity (Wildman–Crippen MR) is 94.4 cm³/mol. The van der Waals surface area contributed by atoms with Crippen molar-refractivity contribution >= 4 is 29.2 Å². The standard InChI is InChI=1S/C18H16ClF2NO5/c1-3-26-17-14(19)4-10(5-15(17)25-2)18(24)27-9-16(23)22-13-7-11(20)6-12(21)8-13/h4-8H,3,9H2,1-2H3,(H,22,23). The summed E-state index contributed by atoms with van der Waals surface area (Å²) in [6.07, 6.45) is 0. The van der Waals surface area contributed by atoms with E-state index in [1.807, 2.05) is 0 Å². The molecule has 0 unspecified atom stereocenters. The molecule has 1 N–H and O–H groups in total. The van der Waals surface area contributed by atoms with E-state index in [0.29, 0.717) is 12.7 Å². The normalized spacial score (nSPS) is 10.3. The highest BCUT2D eigenvalue weighted by Crippen LogP contribution is 2.36. The first-order valence-electron chi connectivity index (χ1n) is 7.77. The summed E-state index contributed by atoms with van der Waals surface area (Å²) in [7, 11) is 1.38. The maximum Gasteiger partial charge on any atom is 0.338 e. The zero-order chi connectivity index (χ0) is 20.0. The third kappa shape index (κ3) is 5.55. The largest absolute Gasteiger partial charge is 0.493 e. The summed E-state index contributed by atoms with van der Waals surface area (Å²) in [4.78, 5) is 23.9. The molecule has 0 fully saturated rings. The molecule has 0 aromatic heterocycles. The van der Waals surface area contributed by atoms with Crippen LogP contribution in [0.2, 0.25) is 5.02 Å². The van der Waals surface area contributed by atoms with E-state index < -0.39 is 30.1 Å². The Morgan fingerprint density at radius 1 is 1.11 bits per heavy atom. The van der Waals surface area contributed by atoms with Crippen LogP contribution in [0.15, 0.2) is 30.3 Å². The second-order valence-corrected chi connectivity index (χ2v) is 5.61. The molecule has 1 amide bonds. The van der Waals surface area contributed by atoms with Gasteiger partial charge in [0.15, 0.2) is 18.1 Å². The summed E-state index contributed by atoms with van der Waals surface area (Å²) in [5.74, 6) is -2.78. The number of rotatable bonds is 7. The average molecular weight is 400 g/mol. The second kappa shape index (κ2) is 9.18. The zero-order valence-corrected chi connectivity index (χ0v) is 15.2. The lowest BCUT2D eigenvalue weighted by molar-refractivity contribution is -0.119. The molecule has 0 aliphatic carbocycles. The highest BCUT2D eigenvalue weighted by molar-refractivity contribution is 6.32. The summed E-state index contributed by atoms with van der Waals surface area (Å²) in [6, 6.07) is 5.20. The van der Waals surface area contributed by atoms with Crippen molar-refractivity contribution in [2.24, 2.45) is 0 Å². The number of carbonyl (C=O) groups is 2. The summed E-state index contributed by atoms with van der Waals surface area (Å²) < 4.78 is 41.6. The maximum absolute atomic E-state index is 13.1. The number of carbonyl (C=O) groups excluding carboxylic acids is 2. The molecule has 0 saturated heterocycles. The second-order valence-electron chi connectivity index (χ2n) is 5.20. The smallest absolute Gasteiger partial charge is 0.338 e. The lowest BCUT2D eigenvalue weighted by Gasteiger charge is -2.13. The van der Waals surface area contributed by atoms with Crippen molar-refractivity contribution in [1.29, 1.82) is 0 Å². The lowest BCUT2D eigenvalue weighted by Crippen LogP contribution is -2.21. The van der Waals surface area contributed by atoms with Crippen LogP contribution in [-0.2, 0) is 9.53 Å². The first kappa shape index (κ1) is 20.4. The predicted octanol–water partition coefficient (Wildman–Crippen LogP) is 3.82. The number of hydrogen-bond acceptors (Lipinski definition) is 5. The zero-order valence-electron chi connectivity index (χ0n) is 14.5. The van der Waals surface area contributed by atoms with Crippen LogP contribution in [0, 0.1) is 11.6 Å². The van der Waals surface area contributed by atoms with Gasteiger partial charge in [-0.1, -0.05) is 11.6 Å². The van der Waals surface area contributed by atoms with E-state index in [2.05, 4.69) is 5.32 Å². The van der Waals surface area contributed by atoms with Crippen molar-refractivity contribution in [1.82, 2.24) is 0 Å². The number of anilines is 1. The minimum absolute atomic E-state index is 0.0462. The molecule has 27 heavy (non-hydrogen) atoms. The van der Waals surface area contributed by atoms with Gasteiger partial charge < -0.3 is 19.5 Å². The SMILES string of the molecule is CCOc1c(Cl)cc(C(=O)OCC(=O)Nc2cc(F)cc(F)c2)cc1OC. The van der Waals surface area contributed by atoms with Gasteiger partial charge in [-0.15, -0.1) is 0 Å². The van der Waals surface area contributed by atoms with Crippen LogP contribution >= 0.6 is 11.6 Å². The Hall–Kier alpha value is -2.87. The fraction of sp³-hybridized carbons (Fsp3) is 0.222. The van der Waals surface area contributed by atoms with Crippen molar-refractivity contribution in [3.8, 4) is 11.5 Å². The highest BCUT2D eigenvalue weighted by Gasteiger charge is 2.17. The molecule has 2 aromatic rings. The Morgan fingerprint density at radius 3 is 2.37 bits per heavy atom. The third-order valence-electron chi connectivity index (χ3n) is 3.23. The van der Waals surface area contributed by atoms with Crippen molar-refractivity contribution in [3.05, 3.63) is 52.6 Å². The van der Waals surface area contributed by atoms with Crippen LogP contribution in [0.25, 0.3) is 0 Å². The summed E-state index contributed by atoms with van der Waals surface area (Å²) in [5, 5.41) is 2.36. The van der Waals surface area contributed by atoms with Crippen LogP contribution in [0.1, 0.15) is 17.3 Å². The van der Waals surface area contributed by atoms with Crippen molar-refractivity contribution in [2.75, 3.05) is 25.6 Å². The number of benzene rings is 2.